The summed E-state index contributed by atoms with van der Waals surface area (Å²) in [6.45, 7) is 0.859. The van der Waals surface area contributed by atoms with E-state index in [4.69, 9.17) is 5.84 Å². The number of halogens is 6. The molecule has 2 aromatic carbocycles. The maximum absolute atomic E-state index is 14.5. The highest BCUT2D eigenvalue weighted by Gasteiger charge is 2.53. The van der Waals surface area contributed by atoms with Crippen molar-refractivity contribution in [1.29, 1.82) is 0 Å². The van der Waals surface area contributed by atoms with Gasteiger partial charge in [-0.2, -0.15) is 18.3 Å². The van der Waals surface area contributed by atoms with Crippen LogP contribution in [0.3, 0.4) is 0 Å². The van der Waals surface area contributed by atoms with Gasteiger partial charge in [0.15, 0.2) is 0 Å². The maximum atomic E-state index is 14.5. The number of amides is 1. The fraction of sp³-hybridized carbons (Fsp3) is 0.304. The smallest absolute Gasteiger partial charge is 0.325 e. The number of anilines is 1. The third kappa shape index (κ3) is 4.89. The number of carbonyl (C=O) groups excluding carboxylic acids is 1. The van der Waals surface area contributed by atoms with Gasteiger partial charge in [0.05, 0.1) is 28.4 Å². The molecule has 0 aliphatic heterocycles. The molecule has 0 unspecified atom stereocenters. The molecular weight excluding hydrogens is 476 g/mol. The molecule has 0 saturated heterocycles. The van der Waals surface area contributed by atoms with Gasteiger partial charge in [-0.05, 0) is 48.7 Å². The van der Waals surface area contributed by atoms with Crippen molar-refractivity contribution in [3.8, 4) is 5.69 Å². The number of aromatic nitrogens is 2. The molecule has 186 valence electrons. The normalized spacial score (nSPS) is 15.2. The highest BCUT2D eigenvalue weighted by Crippen LogP contribution is 2.50. The molecule has 0 radical (unpaired) electrons. The molecule has 0 spiro atoms. The molecule has 35 heavy (non-hydrogen) atoms. The number of benzene rings is 2. The second kappa shape index (κ2) is 8.68. The number of hydrogen-bond acceptors (Lipinski definition) is 4. The zero-order valence-electron chi connectivity index (χ0n) is 18.4. The first-order valence-electron chi connectivity index (χ1n) is 10.5. The van der Waals surface area contributed by atoms with Crippen LogP contribution < -0.4 is 16.6 Å². The number of rotatable bonds is 7. The molecule has 1 saturated carbocycles. The van der Waals surface area contributed by atoms with Crippen molar-refractivity contribution in [2.24, 2.45) is 5.84 Å². The van der Waals surface area contributed by atoms with Gasteiger partial charge < -0.3 is 5.32 Å². The van der Waals surface area contributed by atoms with Gasteiger partial charge in [0, 0.05) is 30.9 Å². The van der Waals surface area contributed by atoms with Crippen molar-refractivity contribution in [2.75, 3.05) is 5.32 Å². The number of hydrazine groups is 1. The molecule has 4 N–H and O–H groups in total. The fourth-order valence-corrected chi connectivity index (χ4v) is 3.89. The average Bonchev–Trinajstić information content (AvgIpc) is 3.41. The largest absolute Gasteiger partial charge is 0.416 e. The number of nitrogens with one attached hydrogen (secondary N) is 2. The Balaban J connectivity index is 1.59. The summed E-state index contributed by atoms with van der Waals surface area (Å²) in [5.74, 6) is 0.694. The standard InChI is InChI=1S/C23H21F6N5O/c1-21(25,26)15-11-32-34(12-15)19-5-3-16(8-13(19)10-31-30)33-20(35)22(6-7-22)17-4-2-14(9-18(17)24)23(27,28)29/h2-5,8-9,11-12,31H,6-7,10,30H2,1H3,(H,33,35). The van der Waals surface area contributed by atoms with Crippen LogP contribution in [0.25, 0.3) is 5.69 Å². The predicted octanol–water partition coefficient (Wildman–Crippen LogP) is 4.78. The van der Waals surface area contributed by atoms with Crippen LogP contribution in [0.15, 0.2) is 48.8 Å². The van der Waals surface area contributed by atoms with Crippen molar-refractivity contribution in [3.63, 3.8) is 0 Å². The quantitative estimate of drug-likeness (QED) is 0.249. The molecule has 1 aliphatic carbocycles. The zero-order valence-corrected chi connectivity index (χ0v) is 18.4. The first kappa shape index (κ1) is 24.7. The lowest BCUT2D eigenvalue weighted by molar-refractivity contribution is -0.137. The SMILES string of the molecule is CC(F)(F)c1cnn(-c2ccc(NC(=O)C3(c4ccc(C(F)(F)F)cc4F)CC3)cc2CNN)c1. The lowest BCUT2D eigenvalue weighted by Gasteiger charge is -2.19. The molecule has 4 rings (SSSR count). The number of nitrogens with zero attached hydrogens (tertiary/aromatic N) is 2. The molecule has 1 amide bonds. The summed E-state index contributed by atoms with van der Waals surface area (Å²) in [5.41, 5.74) is 0.939. The minimum atomic E-state index is -4.70. The summed E-state index contributed by atoms with van der Waals surface area (Å²) in [4.78, 5) is 13.0. The van der Waals surface area contributed by atoms with Crippen molar-refractivity contribution in [3.05, 3.63) is 76.9 Å². The van der Waals surface area contributed by atoms with E-state index in [9.17, 15) is 31.1 Å². The average molecular weight is 497 g/mol. The summed E-state index contributed by atoms with van der Waals surface area (Å²) in [6.07, 6.45) is -1.92. The molecule has 1 fully saturated rings. The number of carbonyl (C=O) groups is 1. The molecule has 0 atom stereocenters. The number of nitrogens with two attached hydrogens (primary N) is 1. The summed E-state index contributed by atoms with van der Waals surface area (Å²) < 4.78 is 81.6. The molecule has 12 heteroatoms. The highest BCUT2D eigenvalue weighted by atomic mass is 19.4. The van der Waals surface area contributed by atoms with E-state index in [1.807, 2.05) is 0 Å². The molecular formula is C23H21F6N5O. The van der Waals surface area contributed by atoms with Crippen LogP contribution in [-0.4, -0.2) is 15.7 Å². The zero-order chi connectivity index (χ0) is 25.6. The van der Waals surface area contributed by atoms with Crippen LogP contribution in [0.5, 0.6) is 0 Å². The first-order valence-corrected chi connectivity index (χ1v) is 10.5. The van der Waals surface area contributed by atoms with Crippen LogP contribution in [-0.2, 0) is 28.9 Å². The maximum Gasteiger partial charge on any atom is 0.416 e. The van der Waals surface area contributed by atoms with E-state index in [0.29, 0.717) is 23.0 Å². The third-order valence-corrected chi connectivity index (χ3v) is 5.96. The fourth-order valence-electron chi connectivity index (χ4n) is 3.89. The summed E-state index contributed by atoms with van der Waals surface area (Å²) >= 11 is 0. The predicted molar refractivity (Wildman–Crippen MR) is 115 cm³/mol. The molecule has 3 aromatic rings. The van der Waals surface area contributed by atoms with E-state index in [-0.39, 0.29) is 30.5 Å². The molecule has 1 aromatic heterocycles. The Morgan fingerprint density at radius 2 is 1.83 bits per heavy atom. The van der Waals surface area contributed by atoms with Gasteiger partial charge >= 0.3 is 6.18 Å². The lowest BCUT2D eigenvalue weighted by Crippen LogP contribution is -2.29. The minimum absolute atomic E-state index is 0.104. The lowest BCUT2D eigenvalue weighted by atomic mass is 9.93. The van der Waals surface area contributed by atoms with E-state index in [0.717, 1.165) is 25.3 Å². The first-order chi connectivity index (χ1) is 16.3. The van der Waals surface area contributed by atoms with Crippen LogP contribution in [0.4, 0.5) is 32.0 Å². The van der Waals surface area contributed by atoms with Crippen molar-refractivity contribution in [1.82, 2.24) is 15.2 Å². The minimum Gasteiger partial charge on any atom is -0.325 e. The Morgan fingerprint density at radius 1 is 1.11 bits per heavy atom. The van der Waals surface area contributed by atoms with Gasteiger partial charge in [0.2, 0.25) is 5.91 Å². The van der Waals surface area contributed by atoms with E-state index < -0.39 is 34.8 Å². The number of hydrogen-bond donors (Lipinski definition) is 3. The molecule has 6 nitrogen and oxygen atoms in total. The Hall–Kier alpha value is -3.38. The summed E-state index contributed by atoms with van der Waals surface area (Å²) in [5, 5.41) is 6.64. The Labute approximate surface area is 196 Å². The van der Waals surface area contributed by atoms with Crippen molar-refractivity contribution < 1.29 is 31.1 Å². The second-order valence-corrected chi connectivity index (χ2v) is 8.51. The summed E-state index contributed by atoms with van der Waals surface area (Å²) in [7, 11) is 0. The molecule has 1 heterocycles. The van der Waals surface area contributed by atoms with Crippen LogP contribution in [0, 0.1) is 5.82 Å². The van der Waals surface area contributed by atoms with Crippen molar-refractivity contribution in [2.45, 2.75) is 43.8 Å². The topological polar surface area (TPSA) is 85.0 Å². The van der Waals surface area contributed by atoms with E-state index in [1.54, 1.807) is 12.1 Å². The Bertz CT molecular complexity index is 1260. The van der Waals surface area contributed by atoms with Gasteiger partial charge in [-0.3, -0.25) is 16.1 Å². The Morgan fingerprint density at radius 3 is 2.37 bits per heavy atom. The van der Waals surface area contributed by atoms with Gasteiger partial charge in [0.1, 0.15) is 5.82 Å². The van der Waals surface area contributed by atoms with E-state index >= 15 is 0 Å². The second-order valence-electron chi connectivity index (χ2n) is 8.51. The van der Waals surface area contributed by atoms with Crippen LogP contribution in [0.1, 0.15) is 42.0 Å². The monoisotopic (exact) mass is 497 g/mol. The van der Waals surface area contributed by atoms with E-state index in [1.165, 1.54) is 16.9 Å². The highest BCUT2D eigenvalue weighted by molar-refractivity contribution is 6.01. The van der Waals surface area contributed by atoms with Gasteiger partial charge in [-0.25, -0.2) is 17.9 Å². The molecule has 0 bridgehead atoms. The molecule has 1 aliphatic rings. The number of alkyl halides is 5. The summed E-state index contributed by atoms with van der Waals surface area (Å²) in [6, 6.07) is 6.75. The van der Waals surface area contributed by atoms with Crippen molar-refractivity contribution >= 4 is 11.6 Å². The van der Waals surface area contributed by atoms with Crippen LogP contribution >= 0.6 is 0 Å². The van der Waals surface area contributed by atoms with E-state index in [2.05, 4.69) is 15.8 Å². The third-order valence-electron chi connectivity index (χ3n) is 5.96. The van der Waals surface area contributed by atoms with Gasteiger partial charge in [-0.1, -0.05) is 6.07 Å². The van der Waals surface area contributed by atoms with Crippen LogP contribution in [0.2, 0.25) is 0 Å². The Kier molecular flexibility index (Phi) is 6.14. The van der Waals surface area contributed by atoms with Gasteiger partial charge in [0.25, 0.3) is 5.92 Å². The van der Waals surface area contributed by atoms with Gasteiger partial charge in [-0.15, -0.1) is 0 Å².